The minimum Gasteiger partial charge on any atom is -0.472 e. The van der Waals surface area contributed by atoms with Gasteiger partial charge in [-0.2, -0.15) is 0 Å². The molecule has 7 nitrogen and oxygen atoms in total. The Morgan fingerprint density at radius 1 is 1.21 bits per heavy atom. The van der Waals surface area contributed by atoms with Crippen LogP contribution in [0.2, 0.25) is 0 Å². The third kappa shape index (κ3) is 3.06. The van der Waals surface area contributed by atoms with Gasteiger partial charge in [0, 0.05) is 35.2 Å². The Kier molecular flexibility index (Phi) is 5.43. The van der Waals surface area contributed by atoms with E-state index in [1.807, 2.05) is 26.8 Å². The largest absolute Gasteiger partial charge is 0.472 e. The minimum atomic E-state index is -0.952. The average Bonchev–Trinajstić information content (AvgIpc) is 3.32. The number of carbonyl (C=O) groups excluding carboxylic acids is 2. The Hall–Kier alpha value is -1.96. The maximum Gasteiger partial charge on any atom is 0.305 e. The molecular formula is C27H36O7. The molecule has 1 aromatic rings. The topological polar surface area (TPSA) is 106 Å². The monoisotopic (exact) mass is 472 g/mol. The van der Waals surface area contributed by atoms with Crippen LogP contribution in [0.5, 0.6) is 0 Å². The standard InChI is InChI=1S/C27H36O7/c1-25(2)19(12-20(28)32-5)27(4)17-6-8-26(3)18(15(17)10-16(22(25)30)23(27)31)11-21(29)34-24(26)14-7-9-33-13-14/h7,9,13,16-17,19,21-22,24,29-30H,6,8,10-12H2,1-5H3/t16-,17?,19-,21?,22+,24-,26-,27-/m0/s1. The number of aliphatic hydroxyl groups is 2. The first-order valence-corrected chi connectivity index (χ1v) is 12.3. The first kappa shape index (κ1) is 23.8. The van der Waals surface area contributed by atoms with Crippen molar-refractivity contribution in [2.45, 2.75) is 78.3 Å². The number of aliphatic hydroxyl groups excluding tert-OH is 2. The molecule has 2 bridgehead atoms. The van der Waals surface area contributed by atoms with Gasteiger partial charge < -0.3 is 24.1 Å². The summed E-state index contributed by atoms with van der Waals surface area (Å²) in [6.07, 6.45) is 3.66. The first-order valence-electron chi connectivity index (χ1n) is 12.3. The Balaban J connectivity index is 1.66. The summed E-state index contributed by atoms with van der Waals surface area (Å²) in [5.41, 5.74) is 1.44. The molecule has 1 saturated heterocycles. The van der Waals surface area contributed by atoms with Crippen LogP contribution in [-0.2, 0) is 19.1 Å². The highest BCUT2D eigenvalue weighted by atomic mass is 16.6. The van der Waals surface area contributed by atoms with Crippen LogP contribution < -0.4 is 0 Å². The molecule has 4 aliphatic rings. The van der Waals surface area contributed by atoms with Crippen molar-refractivity contribution in [3.63, 3.8) is 0 Å². The van der Waals surface area contributed by atoms with Gasteiger partial charge in [-0.1, -0.05) is 38.8 Å². The molecule has 2 heterocycles. The summed E-state index contributed by atoms with van der Waals surface area (Å²) in [6, 6.07) is 1.88. The summed E-state index contributed by atoms with van der Waals surface area (Å²) in [6.45, 7) is 8.12. The summed E-state index contributed by atoms with van der Waals surface area (Å²) < 4.78 is 16.4. The second-order valence-corrected chi connectivity index (χ2v) is 11.8. The minimum absolute atomic E-state index is 0.0453. The number of esters is 1. The van der Waals surface area contributed by atoms with Crippen LogP contribution in [0.1, 0.15) is 71.5 Å². The molecule has 0 radical (unpaired) electrons. The van der Waals surface area contributed by atoms with E-state index in [1.165, 1.54) is 12.7 Å². The molecule has 0 amide bonds. The Labute approximate surface area is 200 Å². The highest BCUT2D eigenvalue weighted by Gasteiger charge is 2.67. The van der Waals surface area contributed by atoms with E-state index in [4.69, 9.17) is 13.9 Å². The van der Waals surface area contributed by atoms with E-state index in [0.29, 0.717) is 12.8 Å². The van der Waals surface area contributed by atoms with E-state index < -0.39 is 29.1 Å². The molecule has 34 heavy (non-hydrogen) atoms. The van der Waals surface area contributed by atoms with E-state index in [2.05, 4.69) is 6.92 Å². The number of hydrogen-bond acceptors (Lipinski definition) is 7. The van der Waals surface area contributed by atoms with Crippen molar-refractivity contribution in [2.24, 2.45) is 34.0 Å². The van der Waals surface area contributed by atoms with Gasteiger partial charge in [0.15, 0.2) is 6.29 Å². The smallest absolute Gasteiger partial charge is 0.305 e. The fourth-order valence-electron chi connectivity index (χ4n) is 8.12. The highest BCUT2D eigenvalue weighted by Crippen LogP contribution is 2.67. The van der Waals surface area contributed by atoms with Crippen molar-refractivity contribution in [1.29, 1.82) is 0 Å². The molecule has 186 valence electrons. The second kappa shape index (κ2) is 7.77. The maximum absolute atomic E-state index is 13.9. The van der Waals surface area contributed by atoms with E-state index in [9.17, 15) is 19.8 Å². The van der Waals surface area contributed by atoms with E-state index in [-0.39, 0.29) is 41.5 Å². The SMILES string of the molecule is COC(=O)C[C@H]1C(C)(C)[C@H](O)[C@@H]2CC3=C4CC(O)O[C@@H](c5ccoc5)[C@@]4(C)CCC3[C@]1(C)C2=O. The number of hydrogen-bond donors (Lipinski definition) is 2. The van der Waals surface area contributed by atoms with Gasteiger partial charge in [-0.25, -0.2) is 0 Å². The summed E-state index contributed by atoms with van der Waals surface area (Å²) in [7, 11) is 1.36. The number of fused-ring (bicyclic) bond motifs is 5. The van der Waals surface area contributed by atoms with E-state index in [1.54, 1.807) is 12.5 Å². The lowest BCUT2D eigenvalue weighted by Crippen LogP contribution is -2.66. The first-order chi connectivity index (χ1) is 16.0. The van der Waals surface area contributed by atoms with Gasteiger partial charge in [-0.3, -0.25) is 9.59 Å². The predicted octanol–water partition coefficient (Wildman–Crippen LogP) is 3.95. The molecule has 8 atom stereocenters. The summed E-state index contributed by atoms with van der Waals surface area (Å²) in [5, 5.41) is 22.1. The van der Waals surface area contributed by atoms with Crippen LogP contribution in [0.4, 0.5) is 0 Å². The fraction of sp³-hybridized carbons (Fsp3) is 0.704. The van der Waals surface area contributed by atoms with Crippen molar-refractivity contribution >= 4 is 11.8 Å². The summed E-state index contributed by atoms with van der Waals surface area (Å²) >= 11 is 0. The van der Waals surface area contributed by atoms with Crippen LogP contribution in [0.3, 0.4) is 0 Å². The van der Waals surface area contributed by atoms with E-state index in [0.717, 1.165) is 24.0 Å². The van der Waals surface area contributed by atoms with Crippen molar-refractivity contribution in [3.05, 3.63) is 35.3 Å². The lowest BCUT2D eigenvalue weighted by molar-refractivity contribution is -0.201. The van der Waals surface area contributed by atoms with Crippen molar-refractivity contribution < 1.29 is 33.7 Å². The number of ketones is 1. The molecule has 0 spiro atoms. The highest BCUT2D eigenvalue weighted by molar-refractivity contribution is 5.92. The number of carbonyl (C=O) groups is 2. The third-order valence-electron chi connectivity index (χ3n) is 9.94. The number of ether oxygens (including phenoxy) is 2. The number of furan rings is 1. The lowest BCUT2D eigenvalue weighted by Gasteiger charge is -2.63. The van der Waals surface area contributed by atoms with Gasteiger partial charge >= 0.3 is 5.97 Å². The number of rotatable bonds is 3. The predicted molar refractivity (Wildman–Crippen MR) is 122 cm³/mol. The zero-order valence-corrected chi connectivity index (χ0v) is 20.7. The zero-order valence-electron chi connectivity index (χ0n) is 20.7. The molecule has 2 N–H and O–H groups in total. The second-order valence-electron chi connectivity index (χ2n) is 11.8. The van der Waals surface area contributed by atoms with Crippen LogP contribution in [0.15, 0.2) is 34.2 Å². The molecule has 3 aliphatic carbocycles. The Bertz CT molecular complexity index is 1020. The van der Waals surface area contributed by atoms with Gasteiger partial charge in [0.2, 0.25) is 0 Å². The van der Waals surface area contributed by atoms with E-state index >= 15 is 0 Å². The van der Waals surface area contributed by atoms with Gasteiger partial charge in [-0.05, 0) is 42.6 Å². The average molecular weight is 473 g/mol. The molecular weight excluding hydrogens is 436 g/mol. The normalized spacial score (nSPS) is 43.2. The third-order valence-corrected chi connectivity index (χ3v) is 9.94. The van der Waals surface area contributed by atoms with Crippen LogP contribution in [-0.4, -0.2) is 41.5 Å². The zero-order chi connectivity index (χ0) is 24.6. The van der Waals surface area contributed by atoms with Gasteiger partial charge in [0.1, 0.15) is 5.78 Å². The number of methoxy groups -OCH3 is 1. The van der Waals surface area contributed by atoms with Crippen molar-refractivity contribution in [2.75, 3.05) is 7.11 Å². The lowest BCUT2D eigenvalue weighted by atomic mass is 9.40. The number of allylic oxidation sites excluding steroid dienone is 1. The molecule has 0 aromatic carbocycles. The maximum atomic E-state index is 13.9. The molecule has 3 fully saturated rings. The molecule has 7 heteroatoms. The Morgan fingerprint density at radius 2 is 1.94 bits per heavy atom. The molecule has 2 unspecified atom stereocenters. The summed E-state index contributed by atoms with van der Waals surface area (Å²) in [4.78, 5) is 26.4. The van der Waals surface area contributed by atoms with Crippen LogP contribution in [0.25, 0.3) is 0 Å². The van der Waals surface area contributed by atoms with Gasteiger partial charge in [0.25, 0.3) is 0 Å². The van der Waals surface area contributed by atoms with Crippen molar-refractivity contribution in [1.82, 2.24) is 0 Å². The summed E-state index contributed by atoms with van der Waals surface area (Å²) in [5.74, 6) is -1.23. The van der Waals surface area contributed by atoms with Crippen LogP contribution >= 0.6 is 0 Å². The quantitative estimate of drug-likeness (QED) is 0.507. The fourth-order valence-corrected chi connectivity index (χ4v) is 8.12. The van der Waals surface area contributed by atoms with Crippen LogP contribution in [0, 0.1) is 34.0 Å². The molecule has 1 aliphatic heterocycles. The van der Waals surface area contributed by atoms with Gasteiger partial charge in [-0.15, -0.1) is 0 Å². The number of Topliss-reactive ketones (excluding diaryl/α,β-unsaturated/α-hetero) is 1. The Morgan fingerprint density at radius 3 is 2.59 bits per heavy atom. The van der Waals surface area contributed by atoms with Gasteiger partial charge in [0.05, 0.1) is 31.8 Å². The molecule has 2 saturated carbocycles. The molecule has 1 aromatic heterocycles. The van der Waals surface area contributed by atoms with Crippen molar-refractivity contribution in [3.8, 4) is 0 Å². The molecule has 5 rings (SSSR count).